The van der Waals surface area contributed by atoms with E-state index in [1.165, 1.54) is 40.9 Å². The fourth-order valence-corrected chi connectivity index (χ4v) is 5.02. The molecule has 1 aromatic heterocycles. The van der Waals surface area contributed by atoms with E-state index in [1.54, 1.807) is 10.9 Å². The Morgan fingerprint density at radius 3 is 2.72 bits per heavy atom. The van der Waals surface area contributed by atoms with Crippen LogP contribution in [-0.2, 0) is 6.61 Å². The Bertz CT molecular complexity index is 1030. The Hall–Kier alpha value is -2.50. The van der Waals surface area contributed by atoms with Crippen molar-refractivity contribution >= 4 is 17.2 Å². The SMILES string of the molecule is O=C(c1cscn1)N1CC[C@@H](c2ccc(-c3ccccc3C3CC3)cc2CO)C1. The van der Waals surface area contributed by atoms with E-state index in [-0.39, 0.29) is 18.4 Å². The smallest absolute Gasteiger partial charge is 0.273 e. The molecule has 0 bridgehead atoms. The lowest BCUT2D eigenvalue weighted by molar-refractivity contribution is 0.0785. The van der Waals surface area contributed by atoms with Gasteiger partial charge in [0.05, 0.1) is 12.1 Å². The molecular weight excluding hydrogens is 380 g/mol. The maximum absolute atomic E-state index is 12.6. The van der Waals surface area contributed by atoms with E-state index in [0.29, 0.717) is 18.2 Å². The number of nitrogens with zero attached hydrogens (tertiary/aromatic N) is 2. The van der Waals surface area contributed by atoms with E-state index in [4.69, 9.17) is 0 Å². The van der Waals surface area contributed by atoms with Crippen molar-refractivity contribution < 1.29 is 9.90 Å². The van der Waals surface area contributed by atoms with Crippen LogP contribution in [0.25, 0.3) is 11.1 Å². The van der Waals surface area contributed by atoms with Gasteiger partial charge in [-0.1, -0.05) is 36.4 Å². The maximum Gasteiger partial charge on any atom is 0.273 e. The second-order valence-electron chi connectivity index (χ2n) is 8.04. The van der Waals surface area contributed by atoms with Gasteiger partial charge in [-0.15, -0.1) is 11.3 Å². The molecule has 2 aliphatic rings. The first kappa shape index (κ1) is 18.5. The van der Waals surface area contributed by atoms with Gasteiger partial charge in [-0.25, -0.2) is 4.98 Å². The Morgan fingerprint density at radius 2 is 1.97 bits per heavy atom. The lowest BCUT2D eigenvalue weighted by atomic mass is 9.89. The van der Waals surface area contributed by atoms with E-state index in [9.17, 15) is 9.90 Å². The number of thiazole rings is 1. The molecule has 3 aromatic rings. The summed E-state index contributed by atoms with van der Waals surface area (Å²) >= 11 is 1.45. The van der Waals surface area contributed by atoms with Crippen LogP contribution >= 0.6 is 11.3 Å². The predicted octanol–water partition coefficient (Wildman–Crippen LogP) is 4.81. The number of hydrogen-bond donors (Lipinski definition) is 1. The summed E-state index contributed by atoms with van der Waals surface area (Å²) in [5.74, 6) is 0.949. The third kappa shape index (κ3) is 3.61. The molecule has 1 aliphatic heterocycles. The van der Waals surface area contributed by atoms with Crippen LogP contribution in [0.5, 0.6) is 0 Å². The molecule has 29 heavy (non-hydrogen) atoms. The van der Waals surface area contributed by atoms with Gasteiger partial charge in [0.1, 0.15) is 5.69 Å². The number of amides is 1. The van der Waals surface area contributed by atoms with Crippen LogP contribution in [0.4, 0.5) is 0 Å². The standard InChI is InChI=1S/C24H24N2O2S/c27-13-19-11-17(22-4-2-1-3-21(22)16-5-6-16)7-8-20(19)18-9-10-26(12-18)24(28)23-14-29-15-25-23/h1-4,7-8,11,14-16,18,27H,5-6,9-10,12-13H2/t18-/m1/s1. The highest BCUT2D eigenvalue weighted by atomic mass is 32.1. The van der Waals surface area contributed by atoms with Crippen LogP contribution in [0, 0.1) is 0 Å². The molecule has 5 rings (SSSR count). The lowest BCUT2D eigenvalue weighted by Gasteiger charge is -2.18. The second kappa shape index (κ2) is 7.73. The van der Waals surface area contributed by atoms with Gasteiger partial charge in [0.2, 0.25) is 0 Å². The van der Waals surface area contributed by atoms with Gasteiger partial charge in [-0.2, -0.15) is 0 Å². The third-order valence-electron chi connectivity index (χ3n) is 6.17. The monoisotopic (exact) mass is 404 g/mol. The molecule has 4 nitrogen and oxygen atoms in total. The van der Waals surface area contributed by atoms with Crippen LogP contribution in [0.15, 0.2) is 53.4 Å². The Labute approximate surface area is 174 Å². The van der Waals surface area contributed by atoms with E-state index in [2.05, 4.69) is 47.4 Å². The first-order valence-corrected chi connectivity index (χ1v) is 11.2. The zero-order valence-electron chi connectivity index (χ0n) is 16.3. The van der Waals surface area contributed by atoms with E-state index in [1.807, 2.05) is 4.90 Å². The molecule has 1 N–H and O–H groups in total. The summed E-state index contributed by atoms with van der Waals surface area (Å²) in [4.78, 5) is 18.6. The average molecular weight is 405 g/mol. The number of likely N-dealkylation sites (tertiary alicyclic amines) is 1. The molecular formula is C24H24N2O2S. The summed E-state index contributed by atoms with van der Waals surface area (Å²) < 4.78 is 0. The molecule has 148 valence electrons. The molecule has 0 unspecified atom stereocenters. The number of carbonyl (C=O) groups excluding carboxylic acids is 1. The van der Waals surface area contributed by atoms with Crippen LogP contribution in [-0.4, -0.2) is 34.0 Å². The van der Waals surface area contributed by atoms with Crippen molar-refractivity contribution in [3.8, 4) is 11.1 Å². The summed E-state index contributed by atoms with van der Waals surface area (Å²) in [6, 6.07) is 15.1. The van der Waals surface area contributed by atoms with Gasteiger partial charge in [0, 0.05) is 24.4 Å². The summed E-state index contributed by atoms with van der Waals surface area (Å²) in [5, 5.41) is 11.9. The minimum Gasteiger partial charge on any atom is -0.392 e. The summed E-state index contributed by atoms with van der Waals surface area (Å²) in [5.41, 5.74) is 8.24. The van der Waals surface area contributed by atoms with Crippen molar-refractivity contribution in [3.05, 3.63) is 75.7 Å². The van der Waals surface area contributed by atoms with E-state index in [0.717, 1.165) is 24.1 Å². The lowest BCUT2D eigenvalue weighted by Crippen LogP contribution is -2.28. The summed E-state index contributed by atoms with van der Waals surface area (Å²) in [7, 11) is 0. The van der Waals surface area contributed by atoms with Crippen molar-refractivity contribution in [2.24, 2.45) is 0 Å². The van der Waals surface area contributed by atoms with Crippen molar-refractivity contribution in [1.29, 1.82) is 0 Å². The van der Waals surface area contributed by atoms with Crippen molar-refractivity contribution in [3.63, 3.8) is 0 Å². The third-order valence-corrected chi connectivity index (χ3v) is 6.76. The largest absolute Gasteiger partial charge is 0.392 e. The fourth-order valence-electron chi connectivity index (χ4n) is 4.50. The topological polar surface area (TPSA) is 53.4 Å². The zero-order valence-corrected chi connectivity index (χ0v) is 17.1. The maximum atomic E-state index is 12.6. The molecule has 5 heteroatoms. The Kier molecular flexibility index (Phi) is 4.94. The van der Waals surface area contributed by atoms with Gasteiger partial charge >= 0.3 is 0 Å². The minimum atomic E-state index is 0.00859. The molecule has 1 aliphatic carbocycles. The quantitative estimate of drug-likeness (QED) is 0.664. The highest BCUT2D eigenvalue weighted by molar-refractivity contribution is 7.07. The van der Waals surface area contributed by atoms with Crippen LogP contribution < -0.4 is 0 Å². The Balaban J connectivity index is 1.40. The minimum absolute atomic E-state index is 0.00859. The molecule has 1 saturated carbocycles. The van der Waals surface area contributed by atoms with Crippen molar-refractivity contribution in [1.82, 2.24) is 9.88 Å². The van der Waals surface area contributed by atoms with Crippen LogP contribution in [0.1, 0.15) is 58.3 Å². The van der Waals surface area contributed by atoms with Crippen LogP contribution in [0.2, 0.25) is 0 Å². The first-order valence-electron chi connectivity index (χ1n) is 10.2. The first-order chi connectivity index (χ1) is 14.2. The van der Waals surface area contributed by atoms with E-state index < -0.39 is 0 Å². The molecule has 2 fully saturated rings. The molecule has 0 radical (unpaired) electrons. The predicted molar refractivity (Wildman–Crippen MR) is 115 cm³/mol. The van der Waals surface area contributed by atoms with Gasteiger partial charge in [-0.3, -0.25) is 4.79 Å². The Morgan fingerprint density at radius 1 is 1.10 bits per heavy atom. The molecule has 1 amide bonds. The number of aliphatic hydroxyl groups excluding tert-OH is 1. The van der Waals surface area contributed by atoms with Gasteiger partial charge in [0.25, 0.3) is 5.91 Å². The van der Waals surface area contributed by atoms with Crippen molar-refractivity contribution in [2.45, 2.75) is 37.7 Å². The number of aliphatic hydroxyl groups is 1. The highest BCUT2D eigenvalue weighted by Gasteiger charge is 2.30. The summed E-state index contributed by atoms with van der Waals surface area (Å²) in [6.07, 6.45) is 3.46. The molecule has 1 saturated heterocycles. The van der Waals surface area contributed by atoms with Gasteiger partial charge in [0.15, 0.2) is 0 Å². The number of aromatic nitrogens is 1. The molecule has 2 aromatic carbocycles. The highest BCUT2D eigenvalue weighted by Crippen LogP contribution is 2.44. The normalized spacial score (nSPS) is 18.9. The van der Waals surface area contributed by atoms with E-state index >= 15 is 0 Å². The van der Waals surface area contributed by atoms with Crippen LogP contribution in [0.3, 0.4) is 0 Å². The zero-order chi connectivity index (χ0) is 19.8. The molecule has 0 spiro atoms. The number of rotatable bonds is 5. The van der Waals surface area contributed by atoms with Gasteiger partial charge < -0.3 is 10.0 Å². The molecule has 2 heterocycles. The summed E-state index contributed by atoms with van der Waals surface area (Å²) in [6.45, 7) is 1.44. The number of hydrogen-bond acceptors (Lipinski definition) is 4. The van der Waals surface area contributed by atoms with Gasteiger partial charge in [-0.05, 0) is 59.1 Å². The van der Waals surface area contributed by atoms with Crippen molar-refractivity contribution in [2.75, 3.05) is 13.1 Å². The average Bonchev–Trinajstić information content (AvgIpc) is 3.26. The molecule has 1 atom stereocenters. The number of benzene rings is 2. The second-order valence-corrected chi connectivity index (χ2v) is 8.76. The fraction of sp³-hybridized carbons (Fsp3) is 0.333. The number of carbonyl (C=O) groups is 1.